The summed E-state index contributed by atoms with van der Waals surface area (Å²) in [5.74, 6) is 0.689. The van der Waals surface area contributed by atoms with Gasteiger partial charge in [0.2, 0.25) is 0 Å². The second-order valence-electron chi connectivity index (χ2n) is 5.70. The van der Waals surface area contributed by atoms with E-state index in [1.807, 2.05) is 50.2 Å². The van der Waals surface area contributed by atoms with E-state index in [1.165, 1.54) is 0 Å². The lowest BCUT2D eigenvalue weighted by atomic mass is 10.1. The van der Waals surface area contributed by atoms with Gasteiger partial charge >= 0.3 is 0 Å². The highest BCUT2D eigenvalue weighted by Gasteiger charge is 2.17. The van der Waals surface area contributed by atoms with Crippen LogP contribution < -0.4 is 9.46 Å². The Balaban J connectivity index is 2.02. The van der Waals surface area contributed by atoms with E-state index in [2.05, 4.69) is 4.72 Å². The number of anilines is 1. The molecule has 3 aromatic carbocycles. The lowest BCUT2D eigenvalue weighted by molar-refractivity contribution is 0.409. The van der Waals surface area contributed by atoms with Gasteiger partial charge in [-0.25, -0.2) is 8.42 Å². The first kappa shape index (κ1) is 16.3. The van der Waals surface area contributed by atoms with Crippen LogP contribution in [0.25, 0.3) is 10.8 Å². The largest absolute Gasteiger partial charge is 0.496 e. The second-order valence-corrected chi connectivity index (χ2v) is 7.39. The van der Waals surface area contributed by atoms with Crippen LogP contribution in [-0.4, -0.2) is 15.5 Å². The number of ether oxygens (including phenoxy) is 1. The van der Waals surface area contributed by atoms with Crippen molar-refractivity contribution < 1.29 is 13.2 Å². The van der Waals surface area contributed by atoms with Gasteiger partial charge in [-0.2, -0.15) is 0 Å². The SMILES string of the molecule is COc1c(C)ccc(NS(=O)(=O)c2ccc3ccccc3c2)c1C. The molecule has 3 aromatic rings. The molecule has 0 aliphatic rings. The maximum Gasteiger partial charge on any atom is 0.261 e. The third-order valence-corrected chi connectivity index (χ3v) is 5.45. The lowest BCUT2D eigenvalue weighted by Crippen LogP contribution is -2.14. The fraction of sp³-hybridized carbons (Fsp3) is 0.158. The van der Waals surface area contributed by atoms with E-state index in [1.54, 1.807) is 25.3 Å². The van der Waals surface area contributed by atoms with Crippen LogP contribution in [0.1, 0.15) is 11.1 Å². The molecule has 24 heavy (non-hydrogen) atoms. The smallest absolute Gasteiger partial charge is 0.261 e. The normalized spacial score (nSPS) is 11.5. The molecule has 0 radical (unpaired) electrons. The Kier molecular flexibility index (Phi) is 4.20. The molecule has 124 valence electrons. The van der Waals surface area contributed by atoms with Gasteiger partial charge in [-0.05, 0) is 48.4 Å². The van der Waals surface area contributed by atoms with Gasteiger partial charge < -0.3 is 4.74 Å². The van der Waals surface area contributed by atoms with E-state index in [4.69, 9.17) is 4.74 Å². The van der Waals surface area contributed by atoms with E-state index in [0.717, 1.165) is 21.9 Å². The first-order valence-corrected chi connectivity index (χ1v) is 9.06. The molecule has 0 saturated carbocycles. The summed E-state index contributed by atoms with van der Waals surface area (Å²) < 4.78 is 33.5. The van der Waals surface area contributed by atoms with E-state index in [-0.39, 0.29) is 4.90 Å². The molecular formula is C19H19NO3S. The summed E-state index contributed by atoms with van der Waals surface area (Å²) in [5, 5.41) is 1.89. The monoisotopic (exact) mass is 341 g/mol. The van der Waals surface area contributed by atoms with Crippen LogP contribution in [0.3, 0.4) is 0 Å². The maximum atomic E-state index is 12.7. The minimum absolute atomic E-state index is 0.236. The number of nitrogens with one attached hydrogen (secondary N) is 1. The van der Waals surface area contributed by atoms with Crippen LogP contribution >= 0.6 is 0 Å². The van der Waals surface area contributed by atoms with E-state index in [9.17, 15) is 8.42 Å². The highest BCUT2D eigenvalue weighted by Crippen LogP contribution is 2.31. The Morgan fingerprint density at radius 1 is 0.917 bits per heavy atom. The molecule has 0 bridgehead atoms. The van der Waals surface area contributed by atoms with E-state index >= 15 is 0 Å². The zero-order valence-electron chi connectivity index (χ0n) is 13.8. The summed E-state index contributed by atoms with van der Waals surface area (Å²) in [6.45, 7) is 3.76. The molecule has 0 aliphatic carbocycles. The molecule has 0 amide bonds. The Morgan fingerprint density at radius 3 is 2.33 bits per heavy atom. The van der Waals surface area contributed by atoms with Crippen LogP contribution in [0.5, 0.6) is 5.75 Å². The molecule has 0 aromatic heterocycles. The van der Waals surface area contributed by atoms with E-state index in [0.29, 0.717) is 11.4 Å². The summed E-state index contributed by atoms with van der Waals surface area (Å²) in [6, 6.07) is 16.4. The number of sulfonamides is 1. The molecule has 3 rings (SSSR count). The van der Waals surface area contributed by atoms with Gasteiger partial charge in [0, 0.05) is 5.56 Å². The molecule has 0 saturated heterocycles. The van der Waals surface area contributed by atoms with Crippen molar-refractivity contribution in [3.63, 3.8) is 0 Å². The number of benzene rings is 3. The number of aryl methyl sites for hydroxylation is 1. The van der Waals surface area contributed by atoms with Crippen molar-refractivity contribution in [2.45, 2.75) is 18.7 Å². The van der Waals surface area contributed by atoms with E-state index < -0.39 is 10.0 Å². The number of methoxy groups -OCH3 is 1. The second kappa shape index (κ2) is 6.17. The molecule has 0 spiro atoms. The van der Waals surface area contributed by atoms with Gasteiger partial charge in [-0.15, -0.1) is 0 Å². The minimum atomic E-state index is -3.67. The molecule has 4 nitrogen and oxygen atoms in total. The van der Waals surface area contributed by atoms with Gasteiger partial charge in [-0.1, -0.05) is 36.4 Å². The molecule has 0 unspecified atom stereocenters. The molecule has 1 N–H and O–H groups in total. The zero-order valence-corrected chi connectivity index (χ0v) is 14.6. The van der Waals surface area contributed by atoms with Gasteiger partial charge in [0.25, 0.3) is 10.0 Å². The summed E-state index contributed by atoms with van der Waals surface area (Å²) in [5.41, 5.74) is 2.25. The van der Waals surface area contributed by atoms with Crippen molar-refractivity contribution in [3.8, 4) is 5.75 Å². The molecule has 5 heteroatoms. The standard InChI is InChI=1S/C19H19NO3S/c1-13-8-11-18(14(2)19(13)23-3)20-24(21,22)17-10-9-15-6-4-5-7-16(15)12-17/h4-12,20H,1-3H3. The molecule has 0 aliphatic heterocycles. The molecular weight excluding hydrogens is 322 g/mol. The number of rotatable bonds is 4. The Labute approximate surface area is 142 Å². The Hall–Kier alpha value is -2.53. The molecule has 0 fully saturated rings. The lowest BCUT2D eigenvalue weighted by Gasteiger charge is -2.15. The highest BCUT2D eigenvalue weighted by molar-refractivity contribution is 7.92. The topological polar surface area (TPSA) is 55.4 Å². The van der Waals surface area contributed by atoms with Gasteiger partial charge in [-0.3, -0.25) is 4.72 Å². The van der Waals surface area contributed by atoms with Crippen molar-refractivity contribution in [3.05, 3.63) is 65.7 Å². The van der Waals surface area contributed by atoms with Crippen molar-refractivity contribution in [1.29, 1.82) is 0 Å². The van der Waals surface area contributed by atoms with Crippen molar-refractivity contribution in [1.82, 2.24) is 0 Å². The van der Waals surface area contributed by atoms with Crippen LogP contribution in [0.15, 0.2) is 59.5 Å². The molecule has 0 heterocycles. The fourth-order valence-corrected chi connectivity index (χ4v) is 3.95. The Bertz CT molecular complexity index is 1010. The van der Waals surface area contributed by atoms with Crippen LogP contribution in [0, 0.1) is 13.8 Å². The molecule has 0 atom stereocenters. The third-order valence-electron chi connectivity index (χ3n) is 4.08. The highest BCUT2D eigenvalue weighted by atomic mass is 32.2. The van der Waals surface area contributed by atoms with Crippen molar-refractivity contribution in [2.24, 2.45) is 0 Å². The van der Waals surface area contributed by atoms with Gasteiger partial charge in [0.05, 0.1) is 17.7 Å². The zero-order chi connectivity index (χ0) is 17.3. The summed E-state index contributed by atoms with van der Waals surface area (Å²) in [6.07, 6.45) is 0. The average Bonchev–Trinajstić information content (AvgIpc) is 2.57. The third kappa shape index (κ3) is 2.95. The minimum Gasteiger partial charge on any atom is -0.496 e. The predicted octanol–water partition coefficient (Wildman–Crippen LogP) is 4.27. The summed E-state index contributed by atoms with van der Waals surface area (Å²) in [4.78, 5) is 0.236. The first-order chi connectivity index (χ1) is 11.4. The number of hydrogen-bond acceptors (Lipinski definition) is 3. The van der Waals surface area contributed by atoms with Crippen LogP contribution in [-0.2, 0) is 10.0 Å². The summed E-state index contributed by atoms with van der Waals surface area (Å²) in [7, 11) is -2.09. The van der Waals surface area contributed by atoms with Crippen molar-refractivity contribution >= 4 is 26.5 Å². The Morgan fingerprint density at radius 2 is 1.62 bits per heavy atom. The number of hydrogen-bond donors (Lipinski definition) is 1. The predicted molar refractivity (Wildman–Crippen MR) is 97.2 cm³/mol. The van der Waals surface area contributed by atoms with Gasteiger partial charge in [0.15, 0.2) is 0 Å². The van der Waals surface area contributed by atoms with Gasteiger partial charge in [0.1, 0.15) is 5.75 Å². The average molecular weight is 341 g/mol. The number of fused-ring (bicyclic) bond motifs is 1. The summed E-state index contributed by atoms with van der Waals surface area (Å²) >= 11 is 0. The maximum absolute atomic E-state index is 12.7. The van der Waals surface area contributed by atoms with Crippen LogP contribution in [0.2, 0.25) is 0 Å². The van der Waals surface area contributed by atoms with Crippen LogP contribution in [0.4, 0.5) is 5.69 Å². The first-order valence-electron chi connectivity index (χ1n) is 7.58. The van der Waals surface area contributed by atoms with Crippen molar-refractivity contribution in [2.75, 3.05) is 11.8 Å². The quantitative estimate of drug-likeness (QED) is 0.771. The fourth-order valence-electron chi connectivity index (χ4n) is 2.79.